The van der Waals surface area contributed by atoms with E-state index >= 15 is 0 Å². The zero-order valence-electron chi connectivity index (χ0n) is 17.4. The van der Waals surface area contributed by atoms with E-state index in [1.54, 1.807) is 20.8 Å². The lowest BCUT2D eigenvalue weighted by Gasteiger charge is -2.30. The minimum atomic E-state index is -0.983. The Kier molecular flexibility index (Phi) is 5.72. The van der Waals surface area contributed by atoms with Crippen LogP contribution in [0.3, 0.4) is 0 Å². The van der Waals surface area contributed by atoms with Crippen molar-refractivity contribution in [1.29, 1.82) is 0 Å². The molecule has 0 amide bonds. The van der Waals surface area contributed by atoms with E-state index in [9.17, 15) is 29.8 Å². The molecule has 12 nitrogen and oxygen atoms in total. The number of nitro benzene ring substituents is 2. The molecular weight excluding hydrogens is 416 g/mol. The van der Waals surface area contributed by atoms with Gasteiger partial charge in [-0.25, -0.2) is 4.79 Å². The third kappa shape index (κ3) is 4.49. The molecule has 168 valence electrons. The Labute approximate surface area is 176 Å². The summed E-state index contributed by atoms with van der Waals surface area (Å²) in [5.41, 5.74) is -2.46. The van der Waals surface area contributed by atoms with Gasteiger partial charge in [-0.3, -0.25) is 25.0 Å². The summed E-state index contributed by atoms with van der Waals surface area (Å²) in [4.78, 5) is 44.5. The minimum absolute atomic E-state index is 0.0259. The maximum atomic E-state index is 12.7. The number of carbonyl (C=O) groups is 2. The van der Waals surface area contributed by atoms with Crippen molar-refractivity contribution in [2.24, 2.45) is 5.92 Å². The zero-order chi connectivity index (χ0) is 23.1. The lowest BCUT2D eigenvalue weighted by atomic mass is 9.92. The molecule has 2 fully saturated rings. The predicted molar refractivity (Wildman–Crippen MR) is 102 cm³/mol. The standard InChI is InChI=1S/C19H22N2O10/c1-10(22)28-9-12-7-15(16-19(12,4)31-18(2,3)30-16)29-17(23)11-5-13(20(24)25)8-14(6-11)21(26)27/h5-6,8,12,15-16H,7,9H2,1-4H3/t12-,15+,16?,19?/m1/s1. The summed E-state index contributed by atoms with van der Waals surface area (Å²) < 4.78 is 22.6. The Morgan fingerprint density at radius 2 is 1.71 bits per heavy atom. The van der Waals surface area contributed by atoms with Crippen LogP contribution in [0, 0.1) is 26.1 Å². The molecule has 1 aromatic carbocycles. The fraction of sp³-hybridized carbons (Fsp3) is 0.579. The van der Waals surface area contributed by atoms with Gasteiger partial charge in [-0.05, 0) is 27.2 Å². The maximum Gasteiger partial charge on any atom is 0.339 e. The lowest BCUT2D eigenvalue weighted by molar-refractivity contribution is -0.394. The van der Waals surface area contributed by atoms with Gasteiger partial charge < -0.3 is 18.9 Å². The van der Waals surface area contributed by atoms with Crippen LogP contribution in [0.4, 0.5) is 11.4 Å². The van der Waals surface area contributed by atoms with E-state index in [4.69, 9.17) is 18.9 Å². The molecule has 2 unspecified atom stereocenters. The number of nitro groups is 2. The average Bonchev–Trinajstić information content (AvgIpc) is 3.05. The van der Waals surface area contributed by atoms with E-state index in [2.05, 4.69) is 0 Å². The number of benzene rings is 1. The first-order chi connectivity index (χ1) is 14.3. The van der Waals surface area contributed by atoms with Gasteiger partial charge in [0.05, 0.1) is 28.1 Å². The van der Waals surface area contributed by atoms with Gasteiger partial charge in [-0.1, -0.05) is 0 Å². The van der Waals surface area contributed by atoms with Gasteiger partial charge in [-0.15, -0.1) is 0 Å². The molecule has 0 aromatic heterocycles. The highest BCUT2D eigenvalue weighted by Gasteiger charge is 2.63. The summed E-state index contributed by atoms with van der Waals surface area (Å²) in [6.45, 7) is 6.46. The summed E-state index contributed by atoms with van der Waals surface area (Å²) in [7, 11) is 0. The molecule has 1 saturated carbocycles. The van der Waals surface area contributed by atoms with Crippen LogP contribution >= 0.6 is 0 Å². The van der Waals surface area contributed by atoms with Crippen LogP contribution in [0.15, 0.2) is 18.2 Å². The monoisotopic (exact) mass is 438 g/mol. The number of fused-ring (bicyclic) bond motifs is 1. The molecule has 1 aliphatic carbocycles. The van der Waals surface area contributed by atoms with E-state index in [0.717, 1.165) is 18.2 Å². The van der Waals surface area contributed by atoms with Crippen molar-refractivity contribution in [2.45, 2.75) is 57.7 Å². The second-order valence-electron chi connectivity index (χ2n) is 8.16. The number of rotatable bonds is 6. The predicted octanol–water partition coefficient (Wildman–Crippen LogP) is 2.52. The number of non-ortho nitro benzene ring substituents is 2. The van der Waals surface area contributed by atoms with Crippen molar-refractivity contribution in [3.05, 3.63) is 44.0 Å². The molecule has 1 heterocycles. The Morgan fingerprint density at radius 1 is 1.13 bits per heavy atom. The highest BCUT2D eigenvalue weighted by molar-refractivity contribution is 5.91. The number of ether oxygens (including phenoxy) is 4. The highest BCUT2D eigenvalue weighted by atomic mass is 16.8. The summed E-state index contributed by atoms with van der Waals surface area (Å²) in [6, 6.07) is 2.58. The Morgan fingerprint density at radius 3 is 2.23 bits per heavy atom. The molecule has 0 radical (unpaired) electrons. The smallest absolute Gasteiger partial charge is 0.339 e. The van der Waals surface area contributed by atoms with E-state index in [-0.39, 0.29) is 24.5 Å². The van der Waals surface area contributed by atoms with Crippen molar-refractivity contribution < 1.29 is 38.4 Å². The number of nitrogens with zero attached hydrogens (tertiary/aromatic N) is 2. The van der Waals surface area contributed by atoms with Crippen LogP contribution in [-0.2, 0) is 23.7 Å². The topological polar surface area (TPSA) is 157 Å². The second kappa shape index (κ2) is 7.85. The molecule has 0 bridgehead atoms. The first-order valence-electron chi connectivity index (χ1n) is 9.48. The van der Waals surface area contributed by atoms with Gasteiger partial charge in [0.25, 0.3) is 11.4 Å². The molecular formula is C19H22N2O10. The fourth-order valence-corrected chi connectivity index (χ4v) is 4.12. The first-order valence-corrected chi connectivity index (χ1v) is 9.48. The Bertz CT molecular complexity index is 913. The molecule has 1 saturated heterocycles. The molecule has 1 aromatic rings. The summed E-state index contributed by atoms with van der Waals surface area (Å²) in [5.74, 6) is -2.77. The van der Waals surface area contributed by atoms with Crippen LogP contribution in [-0.4, -0.2) is 52.0 Å². The zero-order valence-corrected chi connectivity index (χ0v) is 17.4. The average molecular weight is 438 g/mol. The minimum Gasteiger partial charge on any atom is -0.465 e. The van der Waals surface area contributed by atoms with Gasteiger partial charge in [0.2, 0.25) is 0 Å². The molecule has 0 N–H and O–H groups in total. The van der Waals surface area contributed by atoms with Crippen LogP contribution in [0.2, 0.25) is 0 Å². The number of carbonyl (C=O) groups excluding carboxylic acids is 2. The molecule has 31 heavy (non-hydrogen) atoms. The van der Waals surface area contributed by atoms with Crippen molar-refractivity contribution in [3.63, 3.8) is 0 Å². The van der Waals surface area contributed by atoms with Crippen molar-refractivity contribution in [2.75, 3.05) is 6.61 Å². The van der Waals surface area contributed by atoms with Crippen LogP contribution < -0.4 is 0 Å². The highest BCUT2D eigenvalue weighted by Crippen LogP contribution is 2.50. The SMILES string of the molecule is CC(=O)OC[C@H]1C[C@H](OC(=O)c2cc([N+](=O)[O-])cc([N+](=O)[O-])c2)C2OC(C)(C)OC21C. The normalized spacial score (nSPS) is 28.6. The fourth-order valence-electron chi connectivity index (χ4n) is 4.12. The third-order valence-electron chi connectivity index (χ3n) is 5.41. The number of esters is 2. The second-order valence-corrected chi connectivity index (χ2v) is 8.16. The van der Waals surface area contributed by atoms with E-state index in [1.165, 1.54) is 6.92 Å². The molecule has 2 aliphatic rings. The van der Waals surface area contributed by atoms with E-state index in [0.29, 0.717) is 0 Å². The van der Waals surface area contributed by atoms with Gasteiger partial charge in [0.15, 0.2) is 5.79 Å². The molecule has 0 spiro atoms. The Hall–Kier alpha value is -3.12. The third-order valence-corrected chi connectivity index (χ3v) is 5.41. The molecule has 4 atom stereocenters. The summed E-state index contributed by atoms with van der Waals surface area (Å²) in [6.07, 6.45) is -1.27. The van der Waals surface area contributed by atoms with Gasteiger partial charge in [0.1, 0.15) is 17.8 Å². The Balaban J connectivity index is 1.86. The lowest BCUT2D eigenvalue weighted by Crippen LogP contribution is -2.43. The van der Waals surface area contributed by atoms with Crippen molar-refractivity contribution in [1.82, 2.24) is 0 Å². The van der Waals surface area contributed by atoms with Crippen molar-refractivity contribution in [3.8, 4) is 0 Å². The molecule has 12 heteroatoms. The van der Waals surface area contributed by atoms with Crippen LogP contribution in [0.25, 0.3) is 0 Å². The van der Waals surface area contributed by atoms with Gasteiger partial charge in [-0.2, -0.15) is 0 Å². The molecule has 1 aliphatic heterocycles. The van der Waals surface area contributed by atoms with E-state index < -0.39 is 56.8 Å². The first kappa shape index (κ1) is 22.6. The summed E-state index contributed by atoms with van der Waals surface area (Å²) >= 11 is 0. The largest absolute Gasteiger partial charge is 0.465 e. The van der Waals surface area contributed by atoms with Gasteiger partial charge in [0, 0.05) is 25.0 Å². The number of hydrogen-bond acceptors (Lipinski definition) is 10. The van der Waals surface area contributed by atoms with Gasteiger partial charge >= 0.3 is 11.9 Å². The van der Waals surface area contributed by atoms with Crippen LogP contribution in [0.5, 0.6) is 0 Å². The summed E-state index contributed by atoms with van der Waals surface area (Å²) in [5, 5.41) is 22.2. The molecule has 3 rings (SSSR count). The number of hydrogen-bond donors (Lipinski definition) is 0. The van der Waals surface area contributed by atoms with Crippen molar-refractivity contribution >= 4 is 23.3 Å². The quantitative estimate of drug-likeness (QED) is 0.367. The van der Waals surface area contributed by atoms with E-state index in [1.807, 2.05) is 0 Å². The van der Waals surface area contributed by atoms with Crippen LogP contribution in [0.1, 0.15) is 44.5 Å². The maximum absolute atomic E-state index is 12.7.